The molecular formula is C15H12Cl2FN3. The summed E-state index contributed by atoms with van der Waals surface area (Å²) >= 11 is 12.0. The van der Waals surface area contributed by atoms with Crippen LogP contribution in [0.15, 0.2) is 47.5 Å². The third-order valence-corrected chi connectivity index (χ3v) is 4.05. The van der Waals surface area contributed by atoms with Crippen molar-refractivity contribution in [2.45, 2.75) is 6.04 Å². The number of rotatable bonds is 2. The number of hydrogen-bond donors (Lipinski definition) is 1. The number of benzene rings is 2. The van der Waals surface area contributed by atoms with Crippen LogP contribution in [0.2, 0.25) is 10.0 Å². The van der Waals surface area contributed by atoms with Gasteiger partial charge in [0.15, 0.2) is 5.96 Å². The number of aliphatic imine (C=N–C) groups is 1. The first kappa shape index (κ1) is 14.2. The molecule has 2 aromatic carbocycles. The highest BCUT2D eigenvalue weighted by molar-refractivity contribution is 6.34. The van der Waals surface area contributed by atoms with Crippen LogP contribution in [0.3, 0.4) is 0 Å². The minimum atomic E-state index is -0.459. The second-order valence-corrected chi connectivity index (χ2v) is 5.52. The minimum Gasteiger partial charge on any atom is -0.369 e. The van der Waals surface area contributed by atoms with E-state index in [1.54, 1.807) is 12.1 Å². The molecule has 1 atom stereocenters. The third kappa shape index (κ3) is 2.57. The van der Waals surface area contributed by atoms with Crippen LogP contribution in [0, 0.1) is 5.82 Å². The number of nitrogens with two attached hydrogens (primary N) is 1. The Labute approximate surface area is 131 Å². The Balaban J connectivity index is 2.03. The van der Waals surface area contributed by atoms with Gasteiger partial charge in [0.25, 0.3) is 0 Å². The molecule has 3 nitrogen and oxygen atoms in total. The fraction of sp³-hybridized carbons (Fsp3) is 0.133. The molecule has 3 rings (SSSR count). The lowest BCUT2D eigenvalue weighted by Crippen LogP contribution is -2.36. The van der Waals surface area contributed by atoms with Crippen LogP contribution in [-0.4, -0.2) is 12.5 Å². The topological polar surface area (TPSA) is 41.6 Å². The van der Waals surface area contributed by atoms with Crippen LogP contribution >= 0.6 is 23.2 Å². The van der Waals surface area contributed by atoms with E-state index >= 15 is 0 Å². The molecule has 1 aliphatic heterocycles. The highest BCUT2D eigenvalue weighted by atomic mass is 35.5. The smallest absolute Gasteiger partial charge is 0.196 e. The quantitative estimate of drug-likeness (QED) is 0.907. The Hall–Kier alpha value is -1.78. The van der Waals surface area contributed by atoms with Crippen molar-refractivity contribution in [2.75, 3.05) is 11.4 Å². The molecule has 0 bridgehead atoms. The summed E-state index contributed by atoms with van der Waals surface area (Å²) in [5.74, 6) is -0.0952. The molecule has 1 unspecified atom stereocenters. The van der Waals surface area contributed by atoms with Gasteiger partial charge in [-0.05, 0) is 29.8 Å². The fourth-order valence-corrected chi connectivity index (χ4v) is 2.75. The molecule has 1 heterocycles. The highest BCUT2D eigenvalue weighted by Crippen LogP contribution is 2.36. The summed E-state index contributed by atoms with van der Waals surface area (Å²) in [5, 5.41) is 0.659. The lowest BCUT2D eigenvalue weighted by molar-refractivity contribution is 0.622. The lowest BCUT2D eigenvalue weighted by Gasteiger charge is -2.27. The van der Waals surface area contributed by atoms with Gasteiger partial charge in [0.05, 0.1) is 28.3 Å². The zero-order valence-corrected chi connectivity index (χ0v) is 12.4. The molecular weight excluding hydrogens is 312 g/mol. The summed E-state index contributed by atoms with van der Waals surface area (Å²) in [6, 6.07) is 11.9. The Kier molecular flexibility index (Phi) is 3.74. The zero-order valence-electron chi connectivity index (χ0n) is 10.9. The molecule has 0 spiro atoms. The highest BCUT2D eigenvalue weighted by Gasteiger charge is 2.30. The summed E-state index contributed by atoms with van der Waals surface area (Å²) in [6.45, 7) is 0.443. The number of anilines is 1. The maximum absolute atomic E-state index is 13.7. The number of nitrogens with zero attached hydrogens (tertiary/aromatic N) is 2. The average molecular weight is 324 g/mol. The van der Waals surface area contributed by atoms with E-state index in [-0.39, 0.29) is 11.1 Å². The number of halogens is 3. The molecule has 0 saturated heterocycles. The molecule has 0 radical (unpaired) electrons. The molecule has 2 aromatic rings. The normalized spacial score (nSPS) is 18.0. The van der Waals surface area contributed by atoms with Crippen molar-refractivity contribution in [1.29, 1.82) is 0 Å². The second-order valence-electron chi connectivity index (χ2n) is 4.71. The Morgan fingerprint density at radius 2 is 1.90 bits per heavy atom. The van der Waals surface area contributed by atoms with Crippen molar-refractivity contribution in [2.24, 2.45) is 10.7 Å². The molecule has 0 aromatic heterocycles. The van der Waals surface area contributed by atoms with Gasteiger partial charge in [0.1, 0.15) is 5.82 Å². The van der Waals surface area contributed by atoms with Gasteiger partial charge in [-0.3, -0.25) is 4.99 Å². The predicted molar refractivity (Wildman–Crippen MR) is 84.6 cm³/mol. The van der Waals surface area contributed by atoms with Crippen molar-refractivity contribution in [3.63, 3.8) is 0 Å². The monoisotopic (exact) mass is 323 g/mol. The summed E-state index contributed by atoms with van der Waals surface area (Å²) in [4.78, 5) is 6.06. The van der Waals surface area contributed by atoms with Crippen molar-refractivity contribution in [1.82, 2.24) is 0 Å². The number of guanidine groups is 1. The fourth-order valence-electron chi connectivity index (χ4n) is 2.41. The molecule has 0 aliphatic carbocycles. The maximum atomic E-state index is 13.7. The van der Waals surface area contributed by atoms with Gasteiger partial charge in [-0.25, -0.2) is 4.39 Å². The third-order valence-electron chi connectivity index (χ3n) is 3.43. The van der Waals surface area contributed by atoms with Crippen LogP contribution in [0.5, 0.6) is 0 Å². The summed E-state index contributed by atoms with van der Waals surface area (Å²) in [7, 11) is 0. The van der Waals surface area contributed by atoms with E-state index < -0.39 is 5.82 Å². The van der Waals surface area contributed by atoms with Gasteiger partial charge < -0.3 is 10.6 Å². The Morgan fingerprint density at radius 3 is 2.62 bits per heavy atom. The van der Waals surface area contributed by atoms with E-state index in [2.05, 4.69) is 4.99 Å². The van der Waals surface area contributed by atoms with Crippen LogP contribution in [0.25, 0.3) is 0 Å². The molecule has 0 amide bonds. The summed E-state index contributed by atoms with van der Waals surface area (Å²) in [5.41, 5.74) is 7.47. The van der Waals surface area contributed by atoms with Gasteiger partial charge >= 0.3 is 0 Å². The van der Waals surface area contributed by atoms with Gasteiger partial charge in [-0.1, -0.05) is 41.4 Å². The molecule has 0 saturated carbocycles. The first-order valence-electron chi connectivity index (χ1n) is 6.36. The van der Waals surface area contributed by atoms with E-state index in [1.165, 1.54) is 12.1 Å². The molecule has 21 heavy (non-hydrogen) atoms. The molecule has 1 aliphatic rings. The molecule has 2 N–H and O–H groups in total. The molecule has 6 heteroatoms. The van der Waals surface area contributed by atoms with Gasteiger partial charge in [-0.15, -0.1) is 0 Å². The van der Waals surface area contributed by atoms with E-state index in [1.807, 2.05) is 23.1 Å². The largest absolute Gasteiger partial charge is 0.369 e. The Bertz CT molecular complexity index is 718. The van der Waals surface area contributed by atoms with Crippen LogP contribution < -0.4 is 10.6 Å². The van der Waals surface area contributed by atoms with E-state index in [9.17, 15) is 4.39 Å². The second kappa shape index (κ2) is 5.54. The molecule has 0 fully saturated rings. The van der Waals surface area contributed by atoms with Crippen molar-refractivity contribution < 1.29 is 4.39 Å². The first-order valence-corrected chi connectivity index (χ1v) is 7.12. The maximum Gasteiger partial charge on any atom is 0.196 e. The Morgan fingerprint density at radius 1 is 1.14 bits per heavy atom. The lowest BCUT2D eigenvalue weighted by atomic mass is 10.1. The van der Waals surface area contributed by atoms with Crippen molar-refractivity contribution in [3.05, 3.63) is 63.9 Å². The summed E-state index contributed by atoms with van der Waals surface area (Å²) < 4.78 is 13.7. The predicted octanol–water partition coefficient (Wildman–Crippen LogP) is 4.01. The van der Waals surface area contributed by atoms with Crippen molar-refractivity contribution >= 4 is 34.8 Å². The SMILES string of the molecule is NC1=NCC(c2ccc(Cl)c(F)c2)N1c1ccccc1Cl. The van der Waals surface area contributed by atoms with Crippen LogP contribution in [0.4, 0.5) is 10.1 Å². The van der Waals surface area contributed by atoms with Crippen molar-refractivity contribution in [3.8, 4) is 0 Å². The van der Waals surface area contributed by atoms with Crippen LogP contribution in [0.1, 0.15) is 11.6 Å². The first-order chi connectivity index (χ1) is 10.1. The minimum absolute atomic E-state index is 0.0925. The van der Waals surface area contributed by atoms with E-state index in [0.29, 0.717) is 17.5 Å². The summed E-state index contributed by atoms with van der Waals surface area (Å²) in [6.07, 6.45) is 0. The van der Waals surface area contributed by atoms with E-state index in [0.717, 1.165) is 11.3 Å². The average Bonchev–Trinajstić information content (AvgIpc) is 2.84. The zero-order chi connectivity index (χ0) is 15.0. The van der Waals surface area contributed by atoms with Gasteiger partial charge in [0.2, 0.25) is 0 Å². The van der Waals surface area contributed by atoms with Gasteiger partial charge in [0, 0.05) is 0 Å². The van der Waals surface area contributed by atoms with E-state index in [4.69, 9.17) is 28.9 Å². The number of para-hydroxylation sites is 1. The number of hydrogen-bond acceptors (Lipinski definition) is 3. The standard InChI is InChI=1S/C15H12Cl2FN3/c16-10-6-5-9(7-12(10)18)14-8-20-15(19)21(14)13-4-2-1-3-11(13)17/h1-7,14H,8H2,(H2,19,20). The molecule has 108 valence electrons. The van der Waals surface area contributed by atoms with Gasteiger partial charge in [-0.2, -0.15) is 0 Å². The van der Waals surface area contributed by atoms with Crippen LogP contribution in [-0.2, 0) is 0 Å².